The van der Waals surface area contributed by atoms with Crippen LogP contribution < -0.4 is 4.90 Å². The summed E-state index contributed by atoms with van der Waals surface area (Å²) in [7, 11) is 0. The Morgan fingerprint density at radius 2 is 1.84 bits per heavy atom. The summed E-state index contributed by atoms with van der Waals surface area (Å²) in [6.07, 6.45) is -8.31. The van der Waals surface area contributed by atoms with Gasteiger partial charge in [0.25, 0.3) is 0 Å². The van der Waals surface area contributed by atoms with Crippen molar-refractivity contribution in [3.63, 3.8) is 0 Å². The van der Waals surface area contributed by atoms with Crippen molar-refractivity contribution >= 4 is 11.8 Å². The summed E-state index contributed by atoms with van der Waals surface area (Å²) in [6.45, 7) is 2.75. The van der Waals surface area contributed by atoms with Crippen LogP contribution in [0.1, 0.15) is 37.6 Å². The van der Waals surface area contributed by atoms with Gasteiger partial charge in [0.2, 0.25) is 0 Å². The fraction of sp³-hybridized carbons (Fsp3) is 0.421. The van der Waals surface area contributed by atoms with Gasteiger partial charge in [0.05, 0.1) is 29.4 Å². The van der Waals surface area contributed by atoms with Crippen molar-refractivity contribution in [1.29, 1.82) is 5.26 Å². The number of ether oxygens (including phenoxy) is 1. The number of carbonyl (C=O) groups excluding carboxylic acids is 1. The normalized spacial score (nSPS) is 12.4. The van der Waals surface area contributed by atoms with Crippen molar-refractivity contribution in [2.75, 3.05) is 11.4 Å². The highest BCUT2D eigenvalue weighted by Gasteiger charge is 2.36. The van der Waals surface area contributed by atoms with Crippen LogP contribution in [0.5, 0.6) is 0 Å². The van der Waals surface area contributed by atoms with Gasteiger partial charge in [-0.3, -0.25) is 0 Å². The molecule has 1 aromatic carbocycles. The van der Waals surface area contributed by atoms with Crippen LogP contribution in [-0.4, -0.2) is 34.0 Å². The maximum Gasteiger partial charge on any atom is 0.419 e. The predicted molar refractivity (Wildman–Crippen MR) is 97.1 cm³/mol. The van der Waals surface area contributed by atoms with Crippen LogP contribution in [0.15, 0.2) is 30.7 Å². The van der Waals surface area contributed by atoms with Crippen LogP contribution in [0, 0.1) is 11.3 Å². The van der Waals surface area contributed by atoms with Crippen molar-refractivity contribution in [2.24, 2.45) is 0 Å². The number of aromatic nitrogens is 2. The van der Waals surface area contributed by atoms with E-state index in [0.717, 1.165) is 29.2 Å². The van der Waals surface area contributed by atoms with E-state index in [1.807, 2.05) is 0 Å². The lowest BCUT2D eigenvalue weighted by Crippen LogP contribution is -2.34. The Morgan fingerprint density at radius 3 is 2.35 bits per heavy atom. The third kappa shape index (κ3) is 6.91. The molecule has 0 spiro atoms. The minimum Gasteiger partial charge on any atom is -0.443 e. The fourth-order valence-corrected chi connectivity index (χ4v) is 2.57. The van der Waals surface area contributed by atoms with Gasteiger partial charge in [-0.1, -0.05) is 0 Å². The van der Waals surface area contributed by atoms with Crippen molar-refractivity contribution in [3.05, 3.63) is 47.5 Å². The van der Waals surface area contributed by atoms with Crippen molar-refractivity contribution in [2.45, 2.75) is 45.3 Å². The molecule has 0 unspecified atom stereocenters. The molecule has 0 saturated heterocycles. The Hall–Kier alpha value is -3.23. The van der Waals surface area contributed by atoms with E-state index < -0.39 is 54.0 Å². The Labute approximate surface area is 173 Å². The molecule has 0 N–H and O–H groups in total. The molecular formula is C19H18F6N4O2. The van der Waals surface area contributed by atoms with Crippen LogP contribution in [0.2, 0.25) is 0 Å². The van der Waals surface area contributed by atoms with Crippen LogP contribution >= 0.6 is 0 Å². The Kier molecular flexibility index (Phi) is 6.58. The van der Waals surface area contributed by atoms with E-state index >= 15 is 0 Å². The van der Waals surface area contributed by atoms with E-state index in [9.17, 15) is 31.1 Å². The van der Waals surface area contributed by atoms with E-state index in [2.05, 4.69) is 4.98 Å². The summed E-state index contributed by atoms with van der Waals surface area (Å²) in [6, 6.07) is 3.65. The van der Waals surface area contributed by atoms with Gasteiger partial charge in [-0.25, -0.2) is 14.3 Å². The molecule has 1 aromatic heterocycles. The molecule has 0 saturated carbocycles. The molecular weight excluding hydrogens is 430 g/mol. The van der Waals surface area contributed by atoms with Gasteiger partial charge in [-0.2, -0.15) is 31.6 Å². The third-order valence-electron chi connectivity index (χ3n) is 3.76. The van der Waals surface area contributed by atoms with Gasteiger partial charge in [0.1, 0.15) is 18.5 Å². The van der Waals surface area contributed by atoms with Crippen LogP contribution in [0.25, 0.3) is 0 Å². The number of alkyl halides is 6. The highest BCUT2D eigenvalue weighted by Crippen LogP contribution is 2.35. The molecule has 31 heavy (non-hydrogen) atoms. The minimum absolute atomic E-state index is 0.00646. The zero-order chi connectivity index (χ0) is 23.6. The summed E-state index contributed by atoms with van der Waals surface area (Å²) >= 11 is 0. The molecule has 0 fully saturated rings. The molecule has 1 heterocycles. The van der Waals surface area contributed by atoms with Crippen LogP contribution in [0.3, 0.4) is 0 Å². The number of nitrogens with zero attached hydrogens (tertiary/aromatic N) is 4. The first-order valence-electron chi connectivity index (χ1n) is 8.78. The molecule has 6 nitrogen and oxygen atoms in total. The second kappa shape index (κ2) is 8.49. The van der Waals surface area contributed by atoms with E-state index in [1.165, 1.54) is 6.07 Å². The number of hydrogen-bond donors (Lipinski definition) is 0. The Morgan fingerprint density at radius 1 is 1.19 bits per heavy atom. The molecule has 168 valence electrons. The van der Waals surface area contributed by atoms with E-state index in [0.29, 0.717) is 11.0 Å². The standard InChI is InChI=1S/C19H18F6N4O2/c1-17(2,3)31-16(30)29-9-13(27-11-29)8-28(10-18(20,21)22)14-5-4-12(7-26)15(6-14)19(23,24)25/h4-6,9,11H,8,10H2,1-3H3. The molecule has 0 aliphatic carbocycles. The molecule has 2 rings (SSSR count). The largest absolute Gasteiger partial charge is 0.443 e. The van der Waals surface area contributed by atoms with Crippen molar-refractivity contribution in [3.8, 4) is 6.07 Å². The summed E-state index contributed by atoms with van der Waals surface area (Å²) in [5.74, 6) is 0. The number of hydrogen-bond acceptors (Lipinski definition) is 5. The first kappa shape index (κ1) is 24.0. The monoisotopic (exact) mass is 448 g/mol. The number of carbonyl (C=O) groups is 1. The highest BCUT2D eigenvalue weighted by molar-refractivity contribution is 5.70. The minimum atomic E-state index is -4.93. The molecule has 0 aliphatic rings. The number of nitriles is 1. The number of benzene rings is 1. The maximum absolute atomic E-state index is 13.2. The van der Waals surface area contributed by atoms with Crippen molar-refractivity contribution in [1.82, 2.24) is 9.55 Å². The van der Waals surface area contributed by atoms with Crippen LogP contribution in [0.4, 0.5) is 36.8 Å². The topological polar surface area (TPSA) is 71.2 Å². The average Bonchev–Trinajstić information content (AvgIpc) is 3.06. The summed E-state index contributed by atoms with van der Waals surface area (Å²) in [5, 5.41) is 8.87. The molecule has 0 radical (unpaired) electrons. The molecule has 0 atom stereocenters. The van der Waals surface area contributed by atoms with Gasteiger partial charge >= 0.3 is 18.4 Å². The van der Waals surface area contributed by atoms with Gasteiger partial charge in [-0.05, 0) is 39.0 Å². The second-order valence-corrected chi connectivity index (χ2v) is 7.56. The highest BCUT2D eigenvalue weighted by atomic mass is 19.4. The first-order valence-corrected chi connectivity index (χ1v) is 8.78. The maximum atomic E-state index is 13.2. The van der Waals surface area contributed by atoms with Gasteiger partial charge < -0.3 is 9.64 Å². The quantitative estimate of drug-likeness (QED) is 0.607. The second-order valence-electron chi connectivity index (χ2n) is 7.56. The van der Waals surface area contributed by atoms with Crippen molar-refractivity contribution < 1.29 is 35.9 Å². The lowest BCUT2D eigenvalue weighted by atomic mass is 10.1. The average molecular weight is 448 g/mol. The Bertz CT molecular complexity index is 983. The van der Waals surface area contributed by atoms with E-state index in [1.54, 1.807) is 20.8 Å². The first-order chi connectivity index (χ1) is 14.1. The zero-order valence-corrected chi connectivity index (χ0v) is 16.7. The number of halogens is 6. The fourth-order valence-electron chi connectivity index (χ4n) is 2.57. The number of rotatable bonds is 4. The van der Waals surface area contributed by atoms with E-state index in [4.69, 9.17) is 10.00 Å². The van der Waals surface area contributed by atoms with Crippen LogP contribution in [-0.2, 0) is 17.5 Å². The molecule has 0 amide bonds. The summed E-state index contributed by atoms with van der Waals surface area (Å²) < 4.78 is 84.9. The lowest BCUT2D eigenvalue weighted by Gasteiger charge is -2.26. The predicted octanol–water partition coefficient (Wildman–Crippen LogP) is 5.13. The van der Waals surface area contributed by atoms with Gasteiger partial charge in [0, 0.05) is 11.9 Å². The molecule has 0 bridgehead atoms. The summed E-state index contributed by atoms with van der Waals surface area (Å²) in [5.41, 5.74) is -3.29. The third-order valence-corrected chi connectivity index (χ3v) is 3.76. The molecule has 2 aromatic rings. The van der Waals surface area contributed by atoms with Gasteiger partial charge in [0.15, 0.2) is 0 Å². The number of imidazole rings is 1. The van der Waals surface area contributed by atoms with E-state index in [-0.39, 0.29) is 5.69 Å². The number of anilines is 1. The summed E-state index contributed by atoms with van der Waals surface area (Å²) in [4.78, 5) is 16.5. The Balaban J connectivity index is 2.37. The molecule has 12 heteroatoms. The van der Waals surface area contributed by atoms with Gasteiger partial charge in [-0.15, -0.1) is 0 Å². The lowest BCUT2D eigenvalue weighted by molar-refractivity contribution is -0.137. The SMILES string of the molecule is CC(C)(C)OC(=O)n1cnc(CN(CC(F)(F)F)c2ccc(C#N)c(C(F)(F)F)c2)c1. The zero-order valence-electron chi connectivity index (χ0n) is 16.7. The molecule has 0 aliphatic heterocycles. The smallest absolute Gasteiger partial charge is 0.419 e.